The lowest BCUT2D eigenvalue weighted by molar-refractivity contribution is 0.101. The van der Waals surface area contributed by atoms with E-state index in [0.29, 0.717) is 11.3 Å². The average molecular weight is 409 g/mol. The van der Waals surface area contributed by atoms with Gasteiger partial charge in [0.25, 0.3) is 5.91 Å². The Morgan fingerprint density at radius 2 is 1.67 bits per heavy atom. The summed E-state index contributed by atoms with van der Waals surface area (Å²) in [6, 6.07) is 10.6. The van der Waals surface area contributed by atoms with Gasteiger partial charge in [-0.3, -0.25) is 9.59 Å². The fourth-order valence-electron chi connectivity index (χ4n) is 2.40. The Balaban J connectivity index is 2.38. The highest BCUT2D eigenvalue weighted by atomic mass is 35.5. The molecule has 0 radical (unpaired) electrons. The third-order valence-corrected chi connectivity index (χ3v) is 5.72. The Hall–Kier alpha value is -2.22. The number of carbonyl (C=O) groups excluding carboxylic acids is 2. The fraction of sp³-hybridized carbons (Fsp3) is 0.263. The van der Waals surface area contributed by atoms with Gasteiger partial charge in [-0.25, -0.2) is 13.1 Å². The Morgan fingerprint density at radius 1 is 1.04 bits per heavy atom. The zero-order valence-corrected chi connectivity index (χ0v) is 17.0. The minimum atomic E-state index is -3.92. The molecule has 0 spiro atoms. The van der Waals surface area contributed by atoms with Crippen molar-refractivity contribution in [2.75, 3.05) is 5.32 Å². The van der Waals surface area contributed by atoms with Crippen LogP contribution in [0.1, 0.15) is 48.4 Å². The van der Waals surface area contributed by atoms with Crippen LogP contribution in [0, 0.1) is 0 Å². The first-order valence-electron chi connectivity index (χ1n) is 8.15. The van der Waals surface area contributed by atoms with Crippen molar-refractivity contribution in [3.05, 3.63) is 58.6 Å². The molecule has 0 unspecified atom stereocenters. The highest BCUT2D eigenvalue weighted by molar-refractivity contribution is 7.89. The van der Waals surface area contributed by atoms with Crippen LogP contribution < -0.4 is 10.0 Å². The summed E-state index contributed by atoms with van der Waals surface area (Å²) in [6.07, 6.45) is 0. The Morgan fingerprint density at radius 3 is 2.26 bits per heavy atom. The second kappa shape index (κ2) is 7.80. The van der Waals surface area contributed by atoms with Crippen molar-refractivity contribution in [2.45, 2.75) is 38.1 Å². The molecule has 0 saturated heterocycles. The molecular weight excluding hydrogens is 388 g/mol. The number of amides is 1. The first-order valence-corrected chi connectivity index (χ1v) is 10.0. The molecule has 0 bridgehead atoms. The van der Waals surface area contributed by atoms with Crippen LogP contribution in [0.4, 0.5) is 5.69 Å². The molecule has 8 heteroatoms. The number of para-hydroxylation sites is 1. The van der Waals surface area contributed by atoms with Crippen LogP contribution in [0.5, 0.6) is 0 Å². The first-order chi connectivity index (χ1) is 12.4. The Kier molecular flexibility index (Phi) is 6.09. The third kappa shape index (κ3) is 5.38. The van der Waals surface area contributed by atoms with Gasteiger partial charge >= 0.3 is 0 Å². The van der Waals surface area contributed by atoms with Gasteiger partial charge in [0.05, 0.1) is 10.7 Å². The van der Waals surface area contributed by atoms with Gasteiger partial charge in [-0.15, -0.1) is 0 Å². The molecule has 144 valence electrons. The van der Waals surface area contributed by atoms with Gasteiger partial charge in [0.2, 0.25) is 10.0 Å². The molecule has 27 heavy (non-hydrogen) atoms. The van der Waals surface area contributed by atoms with Crippen LogP contribution in [-0.2, 0) is 10.0 Å². The van der Waals surface area contributed by atoms with Gasteiger partial charge in [0.1, 0.15) is 4.90 Å². The topological polar surface area (TPSA) is 92.3 Å². The quantitative estimate of drug-likeness (QED) is 0.734. The molecule has 2 aromatic rings. The molecule has 0 aliphatic carbocycles. The van der Waals surface area contributed by atoms with Gasteiger partial charge in [-0.2, -0.15) is 0 Å². The van der Waals surface area contributed by atoms with Crippen LogP contribution in [0.3, 0.4) is 0 Å². The van der Waals surface area contributed by atoms with E-state index in [-0.39, 0.29) is 21.3 Å². The van der Waals surface area contributed by atoms with Gasteiger partial charge < -0.3 is 5.32 Å². The summed E-state index contributed by atoms with van der Waals surface area (Å²) in [7, 11) is -3.92. The number of hydrogen-bond donors (Lipinski definition) is 2. The Bertz CT molecular complexity index is 995. The van der Waals surface area contributed by atoms with Crippen molar-refractivity contribution < 1.29 is 18.0 Å². The molecule has 2 N–H and O–H groups in total. The lowest BCUT2D eigenvalue weighted by Gasteiger charge is -2.21. The van der Waals surface area contributed by atoms with Gasteiger partial charge in [0.15, 0.2) is 5.78 Å². The molecule has 6 nitrogen and oxygen atoms in total. The van der Waals surface area contributed by atoms with E-state index < -0.39 is 21.5 Å². The van der Waals surface area contributed by atoms with E-state index >= 15 is 0 Å². The molecule has 2 aromatic carbocycles. The second-order valence-corrected chi connectivity index (χ2v) is 9.11. The van der Waals surface area contributed by atoms with Crippen LogP contribution in [0.15, 0.2) is 47.4 Å². The molecule has 0 atom stereocenters. The molecular formula is C19H21ClN2O4S. The second-order valence-electron chi connectivity index (χ2n) is 7.06. The number of anilines is 1. The fourth-order valence-corrected chi connectivity index (χ4v) is 4.35. The molecule has 0 saturated carbocycles. The number of halogens is 1. The van der Waals surface area contributed by atoms with E-state index in [4.69, 9.17) is 11.6 Å². The van der Waals surface area contributed by atoms with Crippen LogP contribution >= 0.6 is 11.6 Å². The normalized spacial score (nSPS) is 11.9. The molecule has 0 fully saturated rings. The average Bonchev–Trinajstić information content (AvgIpc) is 2.53. The summed E-state index contributed by atoms with van der Waals surface area (Å²) in [5.41, 5.74) is 0.109. The predicted molar refractivity (Wildman–Crippen MR) is 106 cm³/mol. The highest BCUT2D eigenvalue weighted by Crippen LogP contribution is 2.25. The maximum absolute atomic E-state index is 12.6. The molecule has 1 amide bonds. The van der Waals surface area contributed by atoms with E-state index in [1.165, 1.54) is 25.1 Å². The number of carbonyl (C=O) groups is 2. The molecule has 0 aliphatic rings. The number of sulfonamides is 1. The number of rotatable bonds is 5. The number of nitrogens with one attached hydrogen (secondary N) is 2. The summed E-state index contributed by atoms with van der Waals surface area (Å²) < 4.78 is 27.7. The monoisotopic (exact) mass is 408 g/mol. The van der Waals surface area contributed by atoms with Crippen molar-refractivity contribution in [1.29, 1.82) is 0 Å². The summed E-state index contributed by atoms with van der Waals surface area (Å²) in [5, 5.41) is 2.64. The van der Waals surface area contributed by atoms with E-state index in [0.717, 1.165) is 0 Å². The van der Waals surface area contributed by atoms with Crippen molar-refractivity contribution in [3.8, 4) is 0 Å². The summed E-state index contributed by atoms with van der Waals surface area (Å²) in [6.45, 7) is 6.51. The van der Waals surface area contributed by atoms with Crippen molar-refractivity contribution in [3.63, 3.8) is 0 Å². The van der Waals surface area contributed by atoms with Crippen LogP contribution in [0.25, 0.3) is 0 Å². The third-order valence-electron chi connectivity index (χ3n) is 3.48. The maximum Gasteiger partial charge on any atom is 0.255 e. The van der Waals surface area contributed by atoms with E-state index in [1.807, 2.05) is 0 Å². The standard InChI is InChI=1S/C19H21ClN2O4S/c1-12(23)14-7-5-6-8-16(14)21-18(24)13-9-10-15(20)17(11-13)27(25,26)22-19(2,3)4/h5-11,22H,1-4H3,(H,21,24). The molecule has 2 rings (SSSR count). The highest BCUT2D eigenvalue weighted by Gasteiger charge is 2.25. The van der Waals surface area contributed by atoms with E-state index in [9.17, 15) is 18.0 Å². The number of benzene rings is 2. The first kappa shape index (κ1) is 21.1. The maximum atomic E-state index is 12.6. The number of ketones is 1. The summed E-state index contributed by atoms with van der Waals surface area (Å²) >= 11 is 6.05. The largest absolute Gasteiger partial charge is 0.321 e. The van der Waals surface area contributed by atoms with Crippen LogP contribution in [0.2, 0.25) is 5.02 Å². The van der Waals surface area contributed by atoms with Crippen molar-refractivity contribution >= 4 is 39.0 Å². The minimum absolute atomic E-state index is 0.00689. The van der Waals surface area contributed by atoms with Gasteiger partial charge in [-0.05, 0) is 58.0 Å². The summed E-state index contributed by atoms with van der Waals surface area (Å²) in [5.74, 6) is -0.743. The number of hydrogen-bond acceptors (Lipinski definition) is 4. The van der Waals surface area contributed by atoms with E-state index in [2.05, 4.69) is 10.0 Å². The van der Waals surface area contributed by atoms with Crippen molar-refractivity contribution in [1.82, 2.24) is 4.72 Å². The lowest BCUT2D eigenvalue weighted by atomic mass is 10.1. The lowest BCUT2D eigenvalue weighted by Crippen LogP contribution is -2.40. The predicted octanol–water partition coefficient (Wildman–Crippen LogP) is 3.87. The SMILES string of the molecule is CC(=O)c1ccccc1NC(=O)c1ccc(Cl)c(S(=O)(=O)NC(C)(C)C)c1. The van der Waals surface area contributed by atoms with Gasteiger partial charge in [-0.1, -0.05) is 23.7 Å². The zero-order chi connectivity index (χ0) is 20.4. The molecule has 0 heterocycles. The smallest absolute Gasteiger partial charge is 0.255 e. The van der Waals surface area contributed by atoms with Crippen molar-refractivity contribution in [2.24, 2.45) is 0 Å². The Labute approximate surface area is 164 Å². The summed E-state index contributed by atoms with van der Waals surface area (Å²) in [4.78, 5) is 24.1. The van der Waals surface area contributed by atoms with Crippen LogP contribution in [-0.4, -0.2) is 25.6 Å². The van der Waals surface area contributed by atoms with E-state index in [1.54, 1.807) is 45.0 Å². The minimum Gasteiger partial charge on any atom is -0.321 e. The molecule has 0 aliphatic heterocycles. The zero-order valence-electron chi connectivity index (χ0n) is 15.5. The van der Waals surface area contributed by atoms with Gasteiger partial charge in [0, 0.05) is 16.7 Å². The molecule has 0 aromatic heterocycles. The number of Topliss-reactive ketones (excluding diaryl/α,β-unsaturated/α-hetero) is 1.